The van der Waals surface area contributed by atoms with Crippen LogP contribution in [0.25, 0.3) is 27.7 Å². The van der Waals surface area contributed by atoms with Crippen molar-refractivity contribution in [3.05, 3.63) is 71.4 Å². The monoisotopic (exact) mass is 344 g/mol. The fraction of sp³-hybridized carbons (Fsp3) is 0.182. The fourth-order valence-electron chi connectivity index (χ4n) is 3.19. The quantitative estimate of drug-likeness (QED) is 0.544. The average molecular weight is 344 g/mol. The van der Waals surface area contributed by atoms with E-state index < -0.39 is 0 Å². The summed E-state index contributed by atoms with van der Waals surface area (Å²) in [5.74, 6) is 0.0515. The van der Waals surface area contributed by atoms with E-state index in [2.05, 4.69) is 54.2 Å². The van der Waals surface area contributed by atoms with Crippen LogP contribution in [0.3, 0.4) is 0 Å². The lowest BCUT2D eigenvalue weighted by molar-refractivity contribution is 1.13. The van der Waals surface area contributed by atoms with Crippen LogP contribution in [0, 0.1) is 6.92 Å². The molecule has 0 unspecified atom stereocenters. The van der Waals surface area contributed by atoms with E-state index in [1.807, 2.05) is 31.3 Å². The van der Waals surface area contributed by atoms with E-state index in [1.165, 1.54) is 11.1 Å². The highest BCUT2D eigenvalue weighted by Crippen LogP contribution is 2.31. The second-order valence-corrected chi connectivity index (χ2v) is 6.31. The van der Waals surface area contributed by atoms with Crippen molar-refractivity contribution in [2.24, 2.45) is 16.5 Å². The Labute approximate surface area is 154 Å². The molecule has 0 aliphatic carbocycles. The highest BCUT2D eigenvalue weighted by atomic mass is 15.0. The van der Waals surface area contributed by atoms with Crippen LogP contribution in [-0.2, 0) is 6.42 Å². The molecule has 4 nitrogen and oxygen atoms in total. The smallest absolute Gasteiger partial charge is 0.191 e. The summed E-state index contributed by atoms with van der Waals surface area (Å²) in [4.78, 5) is 8.90. The molecule has 4 N–H and O–H groups in total. The molecule has 3 aromatic rings. The van der Waals surface area contributed by atoms with Gasteiger partial charge in [0, 0.05) is 22.7 Å². The van der Waals surface area contributed by atoms with Crippen LogP contribution in [0.15, 0.2) is 59.7 Å². The molecular formula is C22H24N4. The minimum absolute atomic E-state index is 0.0515. The number of aromatic nitrogens is 1. The number of pyridine rings is 1. The van der Waals surface area contributed by atoms with Gasteiger partial charge in [0.1, 0.15) is 0 Å². The largest absolute Gasteiger partial charge is 0.370 e. The van der Waals surface area contributed by atoms with E-state index in [9.17, 15) is 0 Å². The minimum atomic E-state index is 0.0515. The Bertz CT molecular complexity index is 1010. The molecular weight excluding hydrogens is 320 g/mol. The Morgan fingerprint density at radius 1 is 1.12 bits per heavy atom. The highest BCUT2D eigenvalue weighted by Gasteiger charge is 2.10. The molecule has 0 aliphatic rings. The summed E-state index contributed by atoms with van der Waals surface area (Å²) in [5, 5.41) is 2.22. The molecule has 0 aliphatic heterocycles. The zero-order chi connectivity index (χ0) is 18.7. The van der Waals surface area contributed by atoms with E-state index >= 15 is 0 Å². The third kappa shape index (κ3) is 3.45. The molecule has 0 radical (unpaired) electrons. The number of nitrogens with two attached hydrogens (primary N) is 2. The molecule has 0 fully saturated rings. The first kappa shape index (κ1) is 17.7. The standard InChI is InChI=1S/C22H24N4/c1-4-15-6-9-18(14(3)12-15)21-19-13-17(20(5-2)26-22(23)24)8-7-16(19)10-11-25-21/h5-13H,4H2,1-3H3,(H4,23,24,26). The number of rotatable bonds is 4. The van der Waals surface area contributed by atoms with Gasteiger partial charge >= 0.3 is 0 Å². The Balaban J connectivity index is 2.21. The molecule has 0 saturated heterocycles. The number of benzene rings is 2. The summed E-state index contributed by atoms with van der Waals surface area (Å²) in [5.41, 5.74) is 17.5. The molecule has 2 aromatic carbocycles. The van der Waals surface area contributed by atoms with Gasteiger partial charge in [-0.2, -0.15) is 0 Å². The van der Waals surface area contributed by atoms with Crippen LogP contribution in [-0.4, -0.2) is 10.9 Å². The predicted molar refractivity (Wildman–Crippen MR) is 111 cm³/mol. The third-order valence-corrected chi connectivity index (χ3v) is 4.54. The number of fused-ring (bicyclic) bond motifs is 1. The van der Waals surface area contributed by atoms with Crippen LogP contribution >= 0.6 is 0 Å². The Morgan fingerprint density at radius 2 is 1.92 bits per heavy atom. The Kier molecular flexibility index (Phi) is 5.03. The van der Waals surface area contributed by atoms with E-state index in [-0.39, 0.29) is 5.96 Å². The maximum Gasteiger partial charge on any atom is 0.191 e. The van der Waals surface area contributed by atoms with Crippen molar-refractivity contribution < 1.29 is 0 Å². The first-order valence-corrected chi connectivity index (χ1v) is 8.78. The Hall–Kier alpha value is -3.14. The van der Waals surface area contributed by atoms with E-state index in [4.69, 9.17) is 11.5 Å². The number of guanidine groups is 1. The summed E-state index contributed by atoms with van der Waals surface area (Å²) in [6.07, 6.45) is 4.78. The van der Waals surface area contributed by atoms with Crippen molar-refractivity contribution in [1.29, 1.82) is 0 Å². The molecule has 0 atom stereocenters. The number of allylic oxidation sites excluding steroid dienone is 1. The van der Waals surface area contributed by atoms with Gasteiger partial charge in [0.2, 0.25) is 0 Å². The fourth-order valence-corrected chi connectivity index (χ4v) is 3.19. The van der Waals surface area contributed by atoms with Crippen LogP contribution in [0.1, 0.15) is 30.5 Å². The number of hydrogen-bond acceptors (Lipinski definition) is 2. The summed E-state index contributed by atoms with van der Waals surface area (Å²) >= 11 is 0. The van der Waals surface area contributed by atoms with Crippen molar-refractivity contribution in [1.82, 2.24) is 4.98 Å². The molecule has 3 rings (SSSR count). The number of hydrogen-bond donors (Lipinski definition) is 2. The normalized spacial score (nSPS) is 11.6. The predicted octanol–water partition coefficient (Wildman–Crippen LogP) is 4.41. The second kappa shape index (κ2) is 7.40. The van der Waals surface area contributed by atoms with Crippen LogP contribution in [0.2, 0.25) is 0 Å². The first-order valence-electron chi connectivity index (χ1n) is 8.78. The Morgan fingerprint density at radius 3 is 2.58 bits per heavy atom. The second-order valence-electron chi connectivity index (χ2n) is 6.31. The van der Waals surface area contributed by atoms with Crippen molar-refractivity contribution in [3.63, 3.8) is 0 Å². The molecule has 26 heavy (non-hydrogen) atoms. The lowest BCUT2D eigenvalue weighted by atomic mass is 9.96. The van der Waals surface area contributed by atoms with Gasteiger partial charge in [0.05, 0.1) is 11.4 Å². The van der Waals surface area contributed by atoms with Crippen LogP contribution in [0.5, 0.6) is 0 Å². The topological polar surface area (TPSA) is 77.3 Å². The molecule has 4 heteroatoms. The zero-order valence-electron chi connectivity index (χ0n) is 15.5. The number of aryl methyl sites for hydroxylation is 2. The van der Waals surface area contributed by atoms with Gasteiger partial charge in [-0.3, -0.25) is 4.98 Å². The number of aliphatic imine (C=N–C) groups is 1. The van der Waals surface area contributed by atoms with Gasteiger partial charge in [0.15, 0.2) is 5.96 Å². The molecule has 1 heterocycles. The summed E-state index contributed by atoms with van der Waals surface area (Å²) in [6, 6.07) is 14.8. The van der Waals surface area contributed by atoms with Crippen molar-refractivity contribution in [2.45, 2.75) is 27.2 Å². The molecule has 0 spiro atoms. The number of nitrogens with zero attached hydrogens (tertiary/aromatic N) is 2. The van der Waals surface area contributed by atoms with Gasteiger partial charge in [0.25, 0.3) is 0 Å². The van der Waals surface area contributed by atoms with E-state index in [0.29, 0.717) is 0 Å². The summed E-state index contributed by atoms with van der Waals surface area (Å²) in [7, 11) is 0. The average Bonchev–Trinajstić information content (AvgIpc) is 2.65. The molecule has 0 bridgehead atoms. The lowest BCUT2D eigenvalue weighted by Crippen LogP contribution is -2.22. The maximum atomic E-state index is 5.56. The van der Waals surface area contributed by atoms with Crippen molar-refractivity contribution >= 4 is 22.4 Å². The van der Waals surface area contributed by atoms with Crippen molar-refractivity contribution in [2.75, 3.05) is 0 Å². The molecule has 0 saturated carbocycles. The third-order valence-electron chi connectivity index (χ3n) is 4.54. The highest BCUT2D eigenvalue weighted by molar-refractivity contribution is 5.97. The molecule has 1 aromatic heterocycles. The molecule has 0 amide bonds. The van der Waals surface area contributed by atoms with Crippen LogP contribution < -0.4 is 11.5 Å². The SMILES string of the molecule is CC=C(N=C(N)N)c1ccc2ccnc(-c3ccc(CC)cc3C)c2c1. The van der Waals surface area contributed by atoms with Gasteiger partial charge < -0.3 is 11.5 Å². The zero-order valence-corrected chi connectivity index (χ0v) is 15.5. The van der Waals surface area contributed by atoms with Gasteiger partial charge in [-0.05, 0) is 48.9 Å². The van der Waals surface area contributed by atoms with E-state index in [1.54, 1.807) is 0 Å². The van der Waals surface area contributed by atoms with E-state index in [0.717, 1.165) is 39.7 Å². The maximum absolute atomic E-state index is 5.56. The van der Waals surface area contributed by atoms with Gasteiger partial charge in [-0.25, -0.2) is 4.99 Å². The molecule has 132 valence electrons. The summed E-state index contributed by atoms with van der Waals surface area (Å²) in [6.45, 7) is 6.22. The van der Waals surface area contributed by atoms with Gasteiger partial charge in [-0.1, -0.05) is 43.3 Å². The van der Waals surface area contributed by atoms with Gasteiger partial charge in [-0.15, -0.1) is 0 Å². The minimum Gasteiger partial charge on any atom is -0.370 e. The van der Waals surface area contributed by atoms with Crippen molar-refractivity contribution in [3.8, 4) is 11.3 Å². The lowest BCUT2D eigenvalue weighted by Gasteiger charge is -2.12. The summed E-state index contributed by atoms with van der Waals surface area (Å²) < 4.78 is 0. The van der Waals surface area contributed by atoms with Crippen LogP contribution in [0.4, 0.5) is 0 Å². The first-order chi connectivity index (χ1) is 12.5.